The number of carbonyl (C=O) groups is 1. The van der Waals surface area contributed by atoms with Gasteiger partial charge in [0.2, 0.25) is 5.78 Å². The maximum Gasteiger partial charge on any atom is 0.216 e. The molecule has 0 aliphatic rings. The van der Waals surface area contributed by atoms with Gasteiger partial charge in [0.1, 0.15) is 5.75 Å². The molecule has 0 N–H and O–H groups in total. The molecule has 2 rings (SSSR count). The first-order valence-electron chi connectivity index (χ1n) is 5.61. The molecule has 0 unspecified atom stereocenters. The summed E-state index contributed by atoms with van der Waals surface area (Å²) in [7, 11) is 1.84. The van der Waals surface area contributed by atoms with E-state index in [-0.39, 0.29) is 12.4 Å². The van der Waals surface area contributed by atoms with Crippen molar-refractivity contribution in [3.63, 3.8) is 0 Å². The van der Waals surface area contributed by atoms with Crippen molar-refractivity contribution >= 4 is 21.7 Å². The van der Waals surface area contributed by atoms with Crippen molar-refractivity contribution in [3.05, 3.63) is 52.3 Å². The van der Waals surface area contributed by atoms with Gasteiger partial charge < -0.3 is 9.30 Å². The van der Waals surface area contributed by atoms with Gasteiger partial charge in [-0.25, -0.2) is 0 Å². The Kier molecular flexibility index (Phi) is 3.87. The number of halogens is 1. The van der Waals surface area contributed by atoms with Gasteiger partial charge in [-0.2, -0.15) is 0 Å². The zero-order valence-corrected chi connectivity index (χ0v) is 11.9. The summed E-state index contributed by atoms with van der Waals surface area (Å²) in [6.45, 7) is 2.00. The Labute approximate surface area is 115 Å². The summed E-state index contributed by atoms with van der Waals surface area (Å²) < 4.78 is 8.30. The number of carbonyl (C=O) groups excluding carboxylic acids is 1. The van der Waals surface area contributed by atoms with Gasteiger partial charge in [0, 0.05) is 17.7 Å². The lowest BCUT2D eigenvalue weighted by molar-refractivity contribution is 0.0913. The molecule has 0 atom stereocenters. The predicted octanol–water partition coefficient (Wildman–Crippen LogP) is 3.36. The number of aromatic nitrogens is 1. The zero-order valence-electron chi connectivity index (χ0n) is 10.3. The van der Waals surface area contributed by atoms with Crippen LogP contribution in [0.4, 0.5) is 0 Å². The van der Waals surface area contributed by atoms with Crippen LogP contribution >= 0.6 is 15.9 Å². The van der Waals surface area contributed by atoms with Crippen LogP contribution in [0.1, 0.15) is 16.1 Å². The van der Waals surface area contributed by atoms with Crippen molar-refractivity contribution in [2.24, 2.45) is 7.05 Å². The standard InChI is InChI=1S/C14H14BrNO2/c1-10-5-6-11(15)8-14(10)18-9-13(17)12-4-3-7-16(12)2/h3-8H,9H2,1-2H3. The molecule has 0 aliphatic heterocycles. The lowest BCUT2D eigenvalue weighted by Gasteiger charge is -2.09. The number of nitrogens with zero attached hydrogens (tertiary/aromatic N) is 1. The van der Waals surface area contributed by atoms with Gasteiger partial charge in [0.05, 0.1) is 5.69 Å². The minimum Gasteiger partial charge on any atom is -0.485 e. The van der Waals surface area contributed by atoms with Crippen molar-refractivity contribution in [1.82, 2.24) is 4.57 Å². The van der Waals surface area contributed by atoms with Crippen LogP contribution in [0.2, 0.25) is 0 Å². The Morgan fingerprint density at radius 1 is 1.39 bits per heavy atom. The van der Waals surface area contributed by atoms with Crippen LogP contribution in [-0.2, 0) is 7.05 Å². The summed E-state index contributed by atoms with van der Waals surface area (Å²) in [5, 5.41) is 0. The molecule has 3 nitrogen and oxygen atoms in total. The Bertz CT molecular complexity index is 575. The van der Waals surface area contributed by atoms with Gasteiger partial charge in [0.25, 0.3) is 0 Å². The minimum absolute atomic E-state index is 0.0260. The van der Waals surface area contributed by atoms with E-state index in [1.807, 2.05) is 44.4 Å². The normalized spacial score (nSPS) is 10.4. The average Bonchev–Trinajstić information content (AvgIpc) is 2.76. The van der Waals surface area contributed by atoms with E-state index in [9.17, 15) is 4.79 Å². The largest absolute Gasteiger partial charge is 0.485 e. The molecular weight excluding hydrogens is 294 g/mol. The molecule has 1 heterocycles. The molecular formula is C14H14BrNO2. The summed E-state index contributed by atoms with van der Waals surface area (Å²) in [5.41, 5.74) is 1.67. The molecule has 0 saturated carbocycles. The predicted molar refractivity (Wildman–Crippen MR) is 74.1 cm³/mol. The van der Waals surface area contributed by atoms with Crippen LogP contribution in [0.25, 0.3) is 0 Å². The molecule has 1 aromatic carbocycles. The van der Waals surface area contributed by atoms with Gasteiger partial charge >= 0.3 is 0 Å². The summed E-state index contributed by atoms with van der Waals surface area (Å²) in [6.07, 6.45) is 1.84. The molecule has 0 aliphatic carbocycles. The highest BCUT2D eigenvalue weighted by Crippen LogP contribution is 2.23. The van der Waals surface area contributed by atoms with Crippen LogP contribution in [0.5, 0.6) is 5.75 Å². The molecule has 0 bridgehead atoms. The fourth-order valence-electron chi connectivity index (χ4n) is 1.70. The van der Waals surface area contributed by atoms with E-state index in [4.69, 9.17) is 4.74 Å². The highest BCUT2D eigenvalue weighted by atomic mass is 79.9. The fraction of sp³-hybridized carbons (Fsp3) is 0.214. The minimum atomic E-state index is -0.0260. The van der Waals surface area contributed by atoms with E-state index >= 15 is 0 Å². The number of aryl methyl sites for hydroxylation is 2. The van der Waals surface area contributed by atoms with Crippen molar-refractivity contribution < 1.29 is 9.53 Å². The molecule has 18 heavy (non-hydrogen) atoms. The van der Waals surface area contributed by atoms with E-state index in [1.54, 1.807) is 10.6 Å². The average molecular weight is 308 g/mol. The second-order valence-corrected chi connectivity index (χ2v) is 5.04. The van der Waals surface area contributed by atoms with Crippen molar-refractivity contribution in [3.8, 4) is 5.75 Å². The fourth-order valence-corrected chi connectivity index (χ4v) is 2.04. The first-order valence-corrected chi connectivity index (χ1v) is 6.40. The van der Waals surface area contributed by atoms with Crippen LogP contribution in [-0.4, -0.2) is 17.0 Å². The molecule has 2 aromatic rings. The van der Waals surface area contributed by atoms with E-state index in [1.165, 1.54) is 0 Å². The zero-order chi connectivity index (χ0) is 13.1. The summed E-state index contributed by atoms with van der Waals surface area (Å²) in [4.78, 5) is 11.9. The van der Waals surface area contributed by atoms with Gasteiger partial charge in [-0.05, 0) is 36.8 Å². The Morgan fingerprint density at radius 3 is 2.83 bits per heavy atom. The van der Waals surface area contributed by atoms with Crippen LogP contribution in [0.3, 0.4) is 0 Å². The molecule has 4 heteroatoms. The maximum absolute atomic E-state index is 11.9. The Hall–Kier alpha value is -1.55. The second-order valence-electron chi connectivity index (χ2n) is 4.13. The summed E-state index contributed by atoms with van der Waals surface area (Å²) in [6, 6.07) is 9.40. The number of benzene rings is 1. The third-order valence-electron chi connectivity index (χ3n) is 2.74. The molecule has 1 aromatic heterocycles. The lowest BCUT2D eigenvalue weighted by Crippen LogP contribution is -2.15. The monoisotopic (exact) mass is 307 g/mol. The van der Waals surface area contributed by atoms with E-state index < -0.39 is 0 Å². The molecule has 0 amide bonds. The molecule has 0 saturated heterocycles. The number of hydrogen-bond donors (Lipinski definition) is 0. The van der Waals surface area contributed by atoms with E-state index in [0.717, 1.165) is 15.8 Å². The number of ether oxygens (including phenoxy) is 1. The second kappa shape index (κ2) is 5.40. The molecule has 0 radical (unpaired) electrons. The van der Waals surface area contributed by atoms with Crippen LogP contribution < -0.4 is 4.74 Å². The smallest absolute Gasteiger partial charge is 0.216 e. The van der Waals surface area contributed by atoms with Crippen molar-refractivity contribution in [2.45, 2.75) is 6.92 Å². The van der Waals surface area contributed by atoms with Crippen molar-refractivity contribution in [1.29, 1.82) is 0 Å². The molecule has 0 fully saturated rings. The van der Waals surface area contributed by atoms with E-state index in [2.05, 4.69) is 15.9 Å². The Balaban J connectivity index is 2.06. The summed E-state index contributed by atoms with van der Waals surface area (Å²) in [5.74, 6) is 0.703. The van der Waals surface area contributed by atoms with Crippen LogP contribution in [0.15, 0.2) is 41.0 Å². The van der Waals surface area contributed by atoms with Gasteiger partial charge in [-0.3, -0.25) is 4.79 Å². The molecule has 0 spiro atoms. The van der Waals surface area contributed by atoms with Crippen molar-refractivity contribution in [2.75, 3.05) is 6.61 Å². The number of Topliss-reactive ketones (excluding diaryl/α,β-unsaturated/α-hetero) is 1. The topological polar surface area (TPSA) is 31.2 Å². The molecule has 94 valence electrons. The van der Waals surface area contributed by atoms with E-state index in [0.29, 0.717) is 5.69 Å². The first kappa shape index (κ1) is 12.9. The number of hydrogen-bond acceptors (Lipinski definition) is 2. The van der Waals surface area contributed by atoms with Crippen LogP contribution in [0, 0.1) is 6.92 Å². The SMILES string of the molecule is Cc1ccc(Br)cc1OCC(=O)c1cccn1C. The third kappa shape index (κ3) is 2.82. The van der Waals surface area contributed by atoms with Gasteiger partial charge in [0.15, 0.2) is 6.61 Å². The number of rotatable bonds is 4. The highest BCUT2D eigenvalue weighted by molar-refractivity contribution is 9.10. The van der Waals surface area contributed by atoms with Gasteiger partial charge in [-0.1, -0.05) is 22.0 Å². The first-order chi connectivity index (χ1) is 8.58. The quantitative estimate of drug-likeness (QED) is 0.811. The number of ketones is 1. The highest BCUT2D eigenvalue weighted by Gasteiger charge is 2.10. The third-order valence-corrected chi connectivity index (χ3v) is 3.23. The lowest BCUT2D eigenvalue weighted by atomic mass is 10.2. The maximum atomic E-state index is 11.9. The summed E-state index contributed by atoms with van der Waals surface area (Å²) >= 11 is 3.38. The van der Waals surface area contributed by atoms with Gasteiger partial charge in [-0.15, -0.1) is 0 Å². The Morgan fingerprint density at radius 2 is 2.17 bits per heavy atom.